The third-order valence-corrected chi connectivity index (χ3v) is 13.0. The fraction of sp³-hybridized carbons (Fsp3) is 0.417. The van der Waals surface area contributed by atoms with Crippen molar-refractivity contribution in [2.24, 2.45) is 11.1 Å². The Bertz CT molecular complexity index is 1330. The highest BCUT2D eigenvalue weighted by atomic mass is 28.4. The Morgan fingerprint density at radius 3 is 2.18 bits per heavy atom. The molecule has 3 aromatic carbocycles. The third kappa shape index (κ3) is 8.60. The lowest BCUT2D eigenvalue weighted by Crippen LogP contribution is -2.67. The Morgan fingerprint density at radius 1 is 0.932 bits per heavy atom. The molecule has 0 radical (unpaired) electrons. The van der Waals surface area contributed by atoms with Gasteiger partial charge in [0.05, 0.1) is 6.61 Å². The lowest BCUT2D eigenvalue weighted by Gasteiger charge is -2.44. The molecule has 0 amide bonds. The van der Waals surface area contributed by atoms with Crippen molar-refractivity contribution in [3.8, 4) is 5.75 Å². The number of hydrogen-bond donors (Lipinski definition) is 3. The summed E-state index contributed by atoms with van der Waals surface area (Å²) in [6, 6.07) is 28.7. The molecular formula is C36H49N3O4Si. The van der Waals surface area contributed by atoms with Crippen LogP contribution in [-0.2, 0) is 13.9 Å². The van der Waals surface area contributed by atoms with E-state index in [-0.39, 0.29) is 11.3 Å². The highest BCUT2D eigenvalue weighted by molar-refractivity contribution is 6.99. The van der Waals surface area contributed by atoms with Crippen LogP contribution in [0.1, 0.15) is 53.9 Å². The Morgan fingerprint density at radius 2 is 1.59 bits per heavy atom. The molecule has 1 atom stereocenters. The van der Waals surface area contributed by atoms with E-state index < -0.39 is 13.7 Å². The second kappa shape index (κ2) is 15.0. The molecule has 0 aromatic heterocycles. The molecule has 0 spiro atoms. The molecule has 0 aliphatic carbocycles. The van der Waals surface area contributed by atoms with Crippen LogP contribution in [0.5, 0.6) is 5.75 Å². The van der Waals surface area contributed by atoms with E-state index in [2.05, 4.69) is 74.6 Å². The number of nitrogens with two attached hydrogens (primary N) is 1. The summed E-state index contributed by atoms with van der Waals surface area (Å²) in [5, 5.41) is 14.5. The zero-order valence-electron chi connectivity index (χ0n) is 26.9. The van der Waals surface area contributed by atoms with Crippen LogP contribution in [0.4, 0.5) is 5.69 Å². The normalized spacial score (nSPS) is 16.4. The van der Waals surface area contributed by atoms with Crippen LogP contribution in [0.25, 0.3) is 0 Å². The van der Waals surface area contributed by atoms with Crippen molar-refractivity contribution in [1.29, 1.82) is 5.41 Å². The second-order valence-electron chi connectivity index (χ2n) is 13.0. The zero-order valence-corrected chi connectivity index (χ0v) is 27.9. The molecule has 0 saturated carbocycles. The minimum atomic E-state index is -2.73. The van der Waals surface area contributed by atoms with Gasteiger partial charge >= 0.3 is 0 Å². The first-order chi connectivity index (χ1) is 21.0. The van der Waals surface area contributed by atoms with E-state index in [9.17, 15) is 0 Å². The number of hydrogen-bond acceptors (Lipinski definition) is 7. The van der Waals surface area contributed by atoms with Crippen LogP contribution in [0.15, 0.2) is 96.8 Å². The van der Waals surface area contributed by atoms with Crippen LogP contribution in [0.3, 0.4) is 0 Å². The van der Waals surface area contributed by atoms with Gasteiger partial charge in [0.15, 0.2) is 6.29 Å². The maximum Gasteiger partial charge on any atom is 0.261 e. The number of ether oxygens (including phenoxy) is 3. The first-order valence-electron chi connectivity index (χ1n) is 15.6. The van der Waals surface area contributed by atoms with Crippen molar-refractivity contribution in [3.63, 3.8) is 0 Å². The van der Waals surface area contributed by atoms with Gasteiger partial charge in [0, 0.05) is 36.1 Å². The molecule has 1 heterocycles. The van der Waals surface area contributed by atoms with Crippen molar-refractivity contribution in [2.45, 2.75) is 65.2 Å². The van der Waals surface area contributed by atoms with Crippen molar-refractivity contribution in [2.75, 3.05) is 31.7 Å². The first-order valence-corrected chi connectivity index (χ1v) is 17.5. The van der Waals surface area contributed by atoms with Crippen LogP contribution < -0.4 is 26.2 Å². The molecule has 4 N–H and O–H groups in total. The smallest absolute Gasteiger partial charge is 0.261 e. The van der Waals surface area contributed by atoms with Crippen molar-refractivity contribution >= 4 is 30.1 Å². The van der Waals surface area contributed by atoms with Crippen LogP contribution in [0, 0.1) is 10.8 Å². The predicted octanol–water partition coefficient (Wildman–Crippen LogP) is 6.44. The maximum atomic E-state index is 8.99. The molecule has 44 heavy (non-hydrogen) atoms. The van der Waals surface area contributed by atoms with Gasteiger partial charge in [-0.15, -0.1) is 0 Å². The quantitative estimate of drug-likeness (QED) is 0.110. The summed E-state index contributed by atoms with van der Waals surface area (Å²) in [6.07, 6.45) is 4.72. The van der Waals surface area contributed by atoms with E-state index in [1.54, 1.807) is 6.08 Å². The summed E-state index contributed by atoms with van der Waals surface area (Å²) in [6.45, 7) is 12.9. The van der Waals surface area contributed by atoms with Gasteiger partial charge in [0.25, 0.3) is 8.32 Å². The molecule has 3 aromatic rings. The highest BCUT2D eigenvalue weighted by Crippen LogP contribution is 2.38. The topological polar surface area (TPSA) is 98.8 Å². The van der Waals surface area contributed by atoms with Gasteiger partial charge in [-0.3, -0.25) is 0 Å². The average molecular weight is 616 g/mol. The van der Waals surface area contributed by atoms with E-state index in [1.807, 2.05) is 50.2 Å². The molecular weight excluding hydrogens is 566 g/mol. The number of benzene rings is 3. The minimum Gasteiger partial charge on any atom is -0.491 e. The van der Waals surface area contributed by atoms with Gasteiger partial charge in [0.1, 0.15) is 18.2 Å². The molecule has 236 valence electrons. The fourth-order valence-electron chi connectivity index (χ4n) is 5.53. The largest absolute Gasteiger partial charge is 0.491 e. The number of nitrogens with one attached hydrogen (secondary N) is 2. The summed E-state index contributed by atoms with van der Waals surface area (Å²) in [5.74, 6) is 1.09. The van der Waals surface area contributed by atoms with Gasteiger partial charge < -0.3 is 35.1 Å². The van der Waals surface area contributed by atoms with Gasteiger partial charge in [-0.05, 0) is 52.9 Å². The number of rotatable bonds is 14. The standard InChI is InChI=1S/C36H49N3O4Si/c1-35(2,3)44(30-17-8-6-9-18-30,31-19-10-7-11-20-31)43-27-36(4,5)32(37)26-33(38)39-28-15-14-16-29(25-28)40-23-24-42-34-21-12-13-22-41-34/h6-11,14-20,25-26,34,37,39H,12-13,21-24,27,38H2,1-5H3/b33-26-,37-32?. The summed E-state index contributed by atoms with van der Waals surface area (Å²) in [7, 11) is -2.73. The highest BCUT2D eigenvalue weighted by Gasteiger charge is 2.51. The van der Waals surface area contributed by atoms with E-state index in [1.165, 1.54) is 10.4 Å². The monoisotopic (exact) mass is 615 g/mol. The van der Waals surface area contributed by atoms with Crippen molar-refractivity contribution < 1.29 is 18.6 Å². The molecule has 1 saturated heterocycles. The first kappa shape index (κ1) is 33.5. The summed E-state index contributed by atoms with van der Waals surface area (Å²) >= 11 is 0. The molecule has 4 rings (SSSR count). The molecule has 7 nitrogen and oxygen atoms in total. The Balaban J connectivity index is 1.41. The predicted molar refractivity (Wildman–Crippen MR) is 182 cm³/mol. The van der Waals surface area contributed by atoms with Crippen LogP contribution in [0.2, 0.25) is 5.04 Å². The molecule has 1 aliphatic heterocycles. The lowest BCUT2D eigenvalue weighted by atomic mass is 9.88. The van der Waals surface area contributed by atoms with Crippen molar-refractivity contribution in [1.82, 2.24) is 0 Å². The summed E-state index contributed by atoms with van der Waals surface area (Å²) in [4.78, 5) is 0. The Kier molecular flexibility index (Phi) is 11.4. The minimum absolute atomic E-state index is 0.126. The van der Waals surface area contributed by atoms with Gasteiger partial charge in [-0.25, -0.2) is 0 Å². The molecule has 1 aliphatic rings. The van der Waals surface area contributed by atoms with E-state index in [4.69, 9.17) is 29.8 Å². The third-order valence-electron chi connectivity index (χ3n) is 8.01. The second-order valence-corrected chi connectivity index (χ2v) is 17.3. The maximum absolute atomic E-state index is 8.99. The molecule has 1 unspecified atom stereocenters. The van der Waals surface area contributed by atoms with Crippen LogP contribution in [-0.4, -0.2) is 46.7 Å². The molecule has 0 bridgehead atoms. The molecule has 1 fully saturated rings. The Labute approximate surface area is 264 Å². The van der Waals surface area contributed by atoms with Crippen LogP contribution >= 0.6 is 0 Å². The van der Waals surface area contributed by atoms with E-state index in [0.717, 1.165) is 31.6 Å². The van der Waals surface area contributed by atoms with Gasteiger partial charge in [-0.1, -0.05) is 101 Å². The van der Waals surface area contributed by atoms with E-state index in [0.29, 0.717) is 37.1 Å². The summed E-state index contributed by atoms with van der Waals surface area (Å²) in [5.41, 5.74) is 6.97. The van der Waals surface area contributed by atoms with Gasteiger partial charge in [-0.2, -0.15) is 0 Å². The van der Waals surface area contributed by atoms with E-state index >= 15 is 0 Å². The number of anilines is 1. The van der Waals surface area contributed by atoms with Gasteiger partial charge in [0.2, 0.25) is 0 Å². The van der Waals surface area contributed by atoms with Crippen molar-refractivity contribution in [3.05, 3.63) is 96.8 Å². The Hall–Kier alpha value is -3.43. The SMILES string of the molecule is CC(C)(CO[Si](c1ccccc1)(c1ccccc1)C(C)(C)C)C(=N)/C=C(/N)Nc1cccc(OCCOC2CCCCO2)c1. The summed E-state index contributed by atoms with van der Waals surface area (Å²) < 4.78 is 24.4. The average Bonchev–Trinajstić information content (AvgIpc) is 3.00. The zero-order chi connectivity index (χ0) is 31.6. The number of allylic oxidation sites excluding steroid dienone is 1. The lowest BCUT2D eigenvalue weighted by molar-refractivity contribution is -0.165. The molecule has 8 heteroatoms. The fourth-order valence-corrected chi connectivity index (χ4v) is 10.3.